The third-order valence-corrected chi connectivity index (χ3v) is 7.16. The average molecular weight is 447 g/mol. The highest BCUT2D eigenvalue weighted by molar-refractivity contribution is 5.78. The van der Waals surface area contributed by atoms with Crippen LogP contribution in [0, 0.1) is 17.8 Å². The molecule has 5 nitrogen and oxygen atoms in total. The monoisotopic (exact) mass is 446 g/mol. The van der Waals surface area contributed by atoms with Crippen molar-refractivity contribution >= 4 is 5.91 Å². The van der Waals surface area contributed by atoms with Crippen molar-refractivity contribution in [2.75, 3.05) is 13.7 Å². The van der Waals surface area contributed by atoms with Gasteiger partial charge in [-0.25, -0.2) is 0 Å². The van der Waals surface area contributed by atoms with Crippen molar-refractivity contribution in [1.82, 2.24) is 5.32 Å². The second-order valence-corrected chi connectivity index (χ2v) is 10.2. The Balaban J connectivity index is 2.16. The van der Waals surface area contributed by atoms with Crippen LogP contribution in [0.5, 0.6) is 5.75 Å². The summed E-state index contributed by atoms with van der Waals surface area (Å²) in [5.74, 6) is 0.869. The smallest absolute Gasteiger partial charge is 0.223 e. The molecular formula is C27H46N2O3. The molecule has 0 aromatic heterocycles. The van der Waals surface area contributed by atoms with Crippen molar-refractivity contribution in [3.63, 3.8) is 0 Å². The number of methoxy groups -OCH3 is 1. The first-order chi connectivity index (χ1) is 15.3. The van der Waals surface area contributed by atoms with Crippen LogP contribution in [0.3, 0.4) is 0 Å². The lowest BCUT2D eigenvalue weighted by molar-refractivity contribution is -0.127. The second-order valence-electron chi connectivity index (χ2n) is 10.2. The lowest BCUT2D eigenvalue weighted by Crippen LogP contribution is -2.46. The number of carbonyl (C=O) groups excluding carboxylic acids is 1. The second kappa shape index (κ2) is 13.2. The minimum Gasteiger partial charge on any atom is -0.497 e. The topological polar surface area (TPSA) is 84.6 Å². The minimum absolute atomic E-state index is 0.00916. The van der Waals surface area contributed by atoms with E-state index in [1.807, 2.05) is 18.2 Å². The Morgan fingerprint density at radius 1 is 1.25 bits per heavy atom. The van der Waals surface area contributed by atoms with E-state index < -0.39 is 6.10 Å². The molecule has 0 spiro atoms. The van der Waals surface area contributed by atoms with E-state index in [0.29, 0.717) is 13.0 Å². The molecule has 5 heteroatoms. The van der Waals surface area contributed by atoms with E-state index >= 15 is 0 Å². The molecule has 1 fully saturated rings. The van der Waals surface area contributed by atoms with Crippen molar-refractivity contribution in [2.45, 2.75) is 96.6 Å². The highest BCUT2D eigenvalue weighted by atomic mass is 16.5. The van der Waals surface area contributed by atoms with Gasteiger partial charge in [-0.3, -0.25) is 4.79 Å². The molecule has 1 aliphatic carbocycles. The van der Waals surface area contributed by atoms with Crippen LogP contribution in [0.15, 0.2) is 24.3 Å². The first kappa shape index (κ1) is 26.7. The van der Waals surface area contributed by atoms with Gasteiger partial charge in [0.15, 0.2) is 0 Å². The molecule has 0 aliphatic heterocycles. The molecule has 0 bridgehead atoms. The Morgan fingerprint density at radius 2 is 1.97 bits per heavy atom. The third-order valence-electron chi connectivity index (χ3n) is 7.16. The van der Waals surface area contributed by atoms with Crippen LogP contribution < -0.4 is 15.8 Å². The number of hydrogen-bond acceptors (Lipinski definition) is 4. The lowest BCUT2D eigenvalue weighted by Gasteiger charge is -2.38. The molecule has 1 aliphatic rings. The molecule has 2 rings (SSSR count). The van der Waals surface area contributed by atoms with E-state index in [-0.39, 0.29) is 29.2 Å². The van der Waals surface area contributed by atoms with E-state index in [4.69, 9.17) is 10.5 Å². The molecule has 0 radical (unpaired) electrons. The van der Waals surface area contributed by atoms with Crippen LogP contribution in [0.4, 0.5) is 0 Å². The largest absolute Gasteiger partial charge is 0.497 e. The summed E-state index contributed by atoms with van der Waals surface area (Å²) in [7, 11) is 1.67. The number of unbranched alkanes of at least 4 members (excludes halogenated alkanes) is 1. The van der Waals surface area contributed by atoms with Crippen LogP contribution in [0.2, 0.25) is 0 Å². The number of ether oxygens (including phenoxy) is 1. The van der Waals surface area contributed by atoms with Gasteiger partial charge in [0.05, 0.1) is 13.2 Å². The molecule has 1 saturated carbocycles. The number of nitrogens with one attached hydrogen (secondary N) is 1. The fraction of sp³-hybridized carbons (Fsp3) is 0.741. The molecule has 0 saturated heterocycles. The number of hydrogen-bond donors (Lipinski definition) is 3. The van der Waals surface area contributed by atoms with Gasteiger partial charge in [0.2, 0.25) is 5.91 Å². The number of aliphatic hydroxyl groups is 1. The zero-order valence-electron chi connectivity index (χ0n) is 20.7. The van der Waals surface area contributed by atoms with Crippen molar-refractivity contribution < 1.29 is 14.6 Å². The van der Waals surface area contributed by atoms with E-state index in [2.05, 4.69) is 32.2 Å². The highest BCUT2D eigenvalue weighted by Gasteiger charge is 2.35. The lowest BCUT2D eigenvalue weighted by atomic mass is 9.72. The summed E-state index contributed by atoms with van der Waals surface area (Å²) in [5, 5.41) is 14.5. The van der Waals surface area contributed by atoms with E-state index in [0.717, 1.165) is 62.7 Å². The average Bonchev–Trinajstić information content (AvgIpc) is 2.77. The van der Waals surface area contributed by atoms with E-state index in [1.54, 1.807) is 7.11 Å². The maximum absolute atomic E-state index is 12.8. The van der Waals surface area contributed by atoms with Crippen LogP contribution >= 0.6 is 0 Å². The number of benzene rings is 1. The molecule has 32 heavy (non-hydrogen) atoms. The Morgan fingerprint density at radius 3 is 2.59 bits per heavy atom. The predicted molar refractivity (Wildman–Crippen MR) is 132 cm³/mol. The quantitative estimate of drug-likeness (QED) is 0.378. The SMILES string of the molecule is CCCCNC(=O)C(CC(O)C(Cc1cccc(OC)c1)CC1(N)CCCCC1)C(C)C. The third kappa shape index (κ3) is 8.40. The number of rotatable bonds is 13. The molecule has 3 unspecified atom stereocenters. The number of nitrogens with two attached hydrogens (primary N) is 1. The molecule has 3 atom stereocenters. The van der Waals surface area contributed by atoms with Crippen molar-refractivity contribution in [1.29, 1.82) is 0 Å². The highest BCUT2D eigenvalue weighted by Crippen LogP contribution is 2.35. The maximum atomic E-state index is 12.8. The molecule has 1 aromatic rings. The normalized spacial score (nSPS) is 18.7. The van der Waals surface area contributed by atoms with Gasteiger partial charge in [-0.05, 0) is 68.1 Å². The van der Waals surface area contributed by atoms with Gasteiger partial charge in [-0.15, -0.1) is 0 Å². The van der Waals surface area contributed by atoms with Gasteiger partial charge in [-0.2, -0.15) is 0 Å². The summed E-state index contributed by atoms with van der Waals surface area (Å²) in [4.78, 5) is 12.8. The minimum atomic E-state index is -0.576. The van der Waals surface area contributed by atoms with Gasteiger partial charge < -0.3 is 20.9 Å². The fourth-order valence-electron chi connectivity index (χ4n) is 5.08. The Bertz CT molecular complexity index is 685. The number of carbonyl (C=O) groups is 1. The molecule has 182 valence electrons. The molecule has 1 aromatic carbocycles. The van der Waals surface area contributed by atoms with Crippen molar-refractivity contribution in [2.24, 2.45) is 23.5 Å². The molecule has 1 amide bonds. The number of amides is 1. The molecule has 4 N–H and O–H groups in total. The summed E-state index contributed by atoms with van der Waals surface area (Å²) in [6.45, 7) is 6.96. The van der Waals surface area contributed by atoms with Gasteiger partial charge >= 0.3 is 0 Å². The van der Waals surface area contributed by atoms with E-state index in [1.165, 1.54) is 6.42 Å². The first-order valence-electron chi connectivity index (χ1n) is 12.7. The molecular weight excluding hydrogens is 400 g/mol. The predicted octanol–water partition coefficient (Wildman–Crippen LogP) is 4.85. The summed E-state index contributed by atoms with van der Waals surface area (Å²) < 4.78 is 5.40. The summed E-state index contributed by atoms with van der Waals surface area (Å²) in [6, 6.07) is 8.06. The first-order valence-corrected chi connectivity index (χ1v) is 12.7. The maximum Gasteiger partial charge on any atom is 0.223 e. The zero-order chi connectivity index (χ0) is 23.6. The summed E-state index contributed by atoms with van der Waals surface area (Å²) >= 11 is 0. The summed E-state index contributed by atoms with van der Waals surface area (Å²) in [5.41, 5.74) is 7.74. The Hall–Kier alpha value is -1.59. The van der Waals surface area contributed by atoms with Gasteiger partial charge in [0.25, 0.3) is 0 Å². The Kier molecular flexibility index (Phi) is 11.0. The van der Waals surface area contributed by atoms with E-state index in [9.17, 15) is 9.90 Å². The van der Waals surface area contributed by atoms with Crippen LogP contribution in [-0.2, 0) is 11.2 Å². The van der Waals surface area contributed by atoms with Crippen LogP contribution in [0.1, 0.15) is 84.1 Å². The van der Waals surface area contributed by atoms with Gasteiger partial charge in [0, 0.05) is 18.0 Å². The van der Waals surface area contributed by atoms with Gasteiger partial charge in [0.1, 0.15) is 5.75 Å². The zero-order valence-corrected chi connectivity index (χ0v) is 20.7. The molecule has 0 heterocycles. The van der Waals surface area contributed by atoms with Crippen LogP contribution in [0.25, 0.3) is 0 Å². The Labute approximate surface area is 195 Å². The summed E-state index contributed by atoms with van der Waals surface area (Å²) in [6.07, 6.45) is 9.04. The fourth-order valence-corrected chi connectivity index (χ4v) is 5.08. The van der Waals surface area contributed by atoms with Crippen molar-refractivity contribution in [3.05, 3.63) is 29.8 Å². The standard InChI is InChI=1S/C27H46N2O3/c1-5-6-15-29-26(31)24(20(2)3)18-25(30)22(19-27(28)13-8-7-9-14-27)16-21-11-10-12-23(17-21)32-4/h10-12,17,20,22,24-25,30H,5-9,13-16,18-19,28H2,1-4H3,(H,29,31). The number of aliphatic hydroxyl groups excluding tert-OH is 1. The van der Waals surface area contributed by atoms with Crippen LogP contribution in [-0.4, -0.2) is 36.3 Å². The van der Waals surface area contributed by atoms with Crippen molar-refractivity contribution in [3.8, 4) is 5.75 Å². The van der Waals surface area contributed by atoms with Gasteiger partial charge in [-0.1, -0.05) is 58.6 Å².